The first-order valence-electron chi connectivity index (χ1n) is 13.2. The van der Waals surface area contributed by atoms with Crippen molar-refractivity contribution in [3.8, 4) is 0 Å². The molecule has 1 unspecified atom stereocenters. The van der Waals surface area contributed by atoms with Gasteiger partial charge in [0.05, 0.1) is 17.8 Å². The first-order valence-corrected chi connectivity index (χ1v) is 14.1. The molecular weight excluding hydrogens is 683 g/mol. The number of pyridine rings is 1. The van der Waals surface area contributed by atoms with Crippen LogP contribution in [0.5, 0.6) is 0 Å². The number of aromatic nitrogens is 2. The molecule has 0 amide bonds. The van der Waals surface area contributed by atoms with Crippen LogP contribution >= 0.6 is 11.3 Å². The Balaban J connectivity index is 0.000000430. The van der Waals surface area contributed by atoms with Crippen LogP contribution in [0.2, 0.25) is 0 Å². The highest BCUT2D eigenvalue weighted by Gasteiger charge is 2.49. The van der Waals surface area contributed by atoms with Crippen LogP contribution in [0.15, 0.2) is 30.0 Å². The van der Waals surface area contributed by atoms with Gasteiger partial charge in [0, 0.05) is 49.1 Å². The molecular formula is C26H31F9N4O7S. The van der Waals surface area contributed by atoms with E-state index >= 15 is 0 Å². The van der Waals surface area contributed by atoms with Crippen LogP contribution in [0.25, 0.3) is 0 Å². The zero-order valence-corrected chi connectivity index (χ0v) is 25.5. The van der Waals surface area contributed by atoms with Crippen LogP contribution in [0.3, 0.4) is 0 Å². The molecule has 0 aromatic carbocycles. The number of halogens is 9. The van der Waals surface area contributed by atoms with Crippen molar-refractivity contribution in [2.75, 3.05) is 33.3 Å². The molecule has 4 heterocycles. The van der Waals surface area contributed by atoms with Crippen molar-refractivity contribution in [3.63, 3.8) is 0 Å². The summed E-state index contributed by atoms with van der Waals surface area (Å²) in [5.74, 6) is -7.60. The van der Waals surface area contributed by atoms with Gasteiger partial charge in [-0.3, -0.25) is 14.8 Å². The van der Waals surface area contributed by atoms with E-state index in [1.165, 1.54) is 48.6 Å². The third kappa shape index (κ3) is 14.8. The Morgan fingerprint density at radius 1 is 0.936 bits per heavy atom. The zero-order valence-electron chi connectivity index (χ0n) is 24.7. The summed E-state index contributed by atoms with van der Waals surface area (Å²) < 4.78 is 101. The first-order chi connectivity index (χ1) is 21.5. The van der Waals surface area contributed by atoms with Crippen molar-refractivity contribution in [1.82, 2.24) is 19.8 Å². The fourth-order valence-corrected chi connectivity index (χ4v) is 5.14. The van der Waals surface area contributed by atoms with Crippen molar-refractivity contribution in [1.29, 1.82) is 0 Å². The number of piperidine rings is 1. The molecule has 47 heavy (non-hydrogen) atoms. The summed E-state index contributed by atoms with van der Waals surface area (Å²) in [6.07, 6.45) is -9.10. The monoisotopic (exact) mass is 714 g/mol. The third-order valence-electron chi connectivity index (χ3n) is 6.70. The number of rotatable bonds is 6. The van der Waals surface area contributed by atoms with E-state index in [0.717, 1.165) is 13.2 Å². The Morgan fingerprint density at radius 2 is 1.40 bits per heavy atom. The number of thiazole rings is 1. The van der Waals surface area contributed by atoms with E-state index in [4.69, 9.17) is 34.4 Å². The van der Waals surface area contributed by atoms with Crippen molar-refractivity contribution >= 4 is 29.2 Å². The van der Waals surface area contributed by atoms with E-state index < -0.39 is 36.4 Å². The number of aryl methyl sites for hydroxylation is 1. The van der Waals surface area contributed by atoms with Gasteiger partial charge in [-0.05, 0) is 57.0 Å². The molecule has 0 radical (unpaired) electrons. The van der Waals surface area contributed by atoms with Crippen molar-refractivity contribution in [2.45, 2.75) is 57.0 Å². The molecule has 2 aromatic heterocycles. The number of ether oxygens (including phenoxy) is 1. The number of hydrogen-bond donors (Lipinski definition) is 3. The fraction of sp³-hybridized carbons (Fsp3) is 0.577. The Morgan fingerprint density at radius 3 is 1.81 bits per heavy atom. The van der Waals surface area contributed by atoms with E-state index in [2.05, 4.69) is 33.7 Å². The molecule has 2 aliphatic rings. The second-order valence-corrected chi connectivity index (χ2v) is 11.2. The predicted molar refractivity (Wildman–Crippen MR) is 145 cm³/mol. The van der Waals surface area contributed by atoms with Gasteiger partial charge in [0.15, 0.2) is 0 Å². The number of carbonyl (C=O) groups is 3. The number of alkyl halides is 9. The maximum Gasteiger partial charge on any atom is 0.490 e. The number of hydrogen-bond acceptors (Lipinski definition) is 9. The number of aliphatic carboxylic acids is 3. The van der Waals surface area contributed by atoms with E-state index in [-0.39, 0.29) is 0 Å². The number of likely N-dealkylation sites (N-methyl/N-ethyl adjacent to an activating group) is 1. The molecule has 2 saturated heterocycles. The molecule has 1 atom stereocenters. The topological polar surface area (TPSA) is 153 Å². The Bertz CT molecular complexity index is 1230. The van der Waals surface area contributed by atoms with Gasteiger partial charge in [-0.15, -0.1) is 11.3 Å². The van der Waals surface area contributed by atoms with E-state index in [1.54, 1.807) is 11.3 Å². The molecule has 3 N–H and O–H groups in total. The lowest BCUT2D eigenvalue weighted by atomic mass is 9.75. The minimum Gasteiger partial charge on any atom is -0.475 e. The van der Waals surface area contributed by atoms with E-state index in [1.807, 2.05) is 30.0 Å². The summed E-state index contributed by atoms with van der Waals surface area (Å²) in [7, 11) is 2.29. The zero-order chi connectivity index (χ0) is 36.2. The average Bonchev–Trinajstić information content (AvgIpc) is 3.33. The maximum atomic E-state index is 10.6. The number of carboxylic acids is 3. The second kappa shape index (κ2) is 17.6. The van der Waals surface area contributed by atoms with Crippen LogP contribution in [-0.2, 0) is 32.3 Å². The molecule has 2 aromatic rings. The molecule has 0 bridgehead atoms. The third-order valence-corrected chi connectivity index (χ3v) is 7.62. The van der Waals surface area contributed by atoms with Gasteiger partial charge in [-0.2, -0.15) is 39.5 Å². The SMILES string of the molecule is Cc1ncsc1CN1CC2(CC(COCc3ccncc3)CCN2C)C1.O=C(O)C(F)(F)F.O=C(O)C(F)(F)F.O=C(O)C(F)(F)F. The van der Waals surface area contributed by atoms with Gasteiger partial charge in [0.25, 0.3) is 0 Å². The molecule has 2 fully saturated rings. The molecule has 266 valence electrons. The summed E-state index contributed by atoms with van der Waals surface area (Å²) in [5, 5.41) is 21.4. The van der Waals surface area contributed by atoms with Gasteiger partial charge in [0.2, 0.25) is 0 Å². The minimum absolute atomic E-state index is 0.349. The van der Waals surface area contributed by atoms with Crippen LogP contribution in [0, 0.1) is 12.8 Å². The highest BCUT2D eigenvalue weighted by molar-refractivity contribution is 7.09. The molecule has 2 aliphatic heterocycles. The fourth-order valence-electron chi connectivity index (χ4n) is 4.32. The highest BCUT2D eigenvalue weighted by Crippen LogP contribution is 2.39. The number of carboxylic acid groups (broad SMARTS) is 3. The molecule has 0 saturated carbocycles. The lowest BCUT2D eigenvalue weighted by molar-refractivity contribution is -0.193. The van der Waals surface area contributed by atoms with Crippen molar-refractivity contribution in [2.24, 2.45) is 5.92 Å². The van der Waals surface area contributed by atoms with Gasteiger partial charge in [0.1, 0.15) is 0 Å². The predicted octanol–water partition coefficient (Wildman–Crippen LogP) is 4.86. The van der Waals surface area contributed by atoms with Gasteiger partial charge < -0.3 is 20.1 Å². The molecule has 1 spiro atoms. The number of likely N-dealkylation sites (tertiary alicyclic amines) is 2. The van der Waals surface area contributed by atoms with Crippen LogP contribution in [0.1, 0.15) is 29.0 Å². The van der Waals surface area contributed by atoms with Crippen LogP contribution in [0.4, 0.5) is 39.5 Å². The van der Waals surface area contributed by atoms with E-state index in [0.29, 0.717) is 18.1 Å². The molecule has 4 rings (SSSR count). The lowest BCUT2D eigenvalue weighted by Crippen LogP contribution is -2.71. The Labute approximate surface area is 265 Å². The first kappa shape index (κ1) is 41.5. The Kier molecular flexibility index (Phi) is 15.5. The van der Waals surface area contributed by atoms with Gasteiger partial charge >= 0.3 is 36.4 Å². The van der Waals surface area contributed by atoms with Gasteiger partial charge in [-0.25, -0.2) is 19.4 Å². The maximum absolute atomic E-state index is 10.6. The van der Waals surface area contributed by atoms with Crippen molar-refractivity contribution < 1.29 is 74.0 Å². The standard InChI is InChI=1S/C20H28N4OS.3C2HF3O2/c1-16-19(26-15-22-16)10-24-13-20(14-24)9-18(5-8-23(20)2)12-25-11-17-3-6-21-7-4-17;3*3-2(4,5)1(6)7/h3-4,6-7,15,18H,5,8-14H2,1-2H3;3*(H,6,7). The summed E-state index contributed by atoms with van der Waals surface area (Å²) in [6, 6.07) is 4.06. The van der Waals surface area contributed by atoms with Crippen LogP contribution in [-0.4, -0.2) is 110 Å². The molecule has 11 nitrogen and oxygen atoms in total. The second-order valence-electron chi connectivity index (χ2n) is 10.3. The quantitative estimate of drug-likeness (QED) is 0.352. The summed E-state index contributed by atoms with van der Waals surface area (Å²) in [6.45, 7) is 8.24. The lowest BCUT2D eigenvalue weighted by Gasteiger charge is -2.58. The highest BCUT2D eigenvalue weighted by atomic mass is 32.1. The Hall–Kier alpha value is -3.56. The normalized spacial score (nSPS) is 17.9. The number of nitrogens with zero attached hydrogens (tertiary/aromatic N) is 4. The van der Waals surface area contributed by atoms with E-state index in [9.17, 15) is 39.5 Å². The van der Waals surface area contributed by atoms with Crippen molar-refractivity contribution in [3.05, 3.63) is 46.2 Å². The molecule has 21 heteroatoms. The molecule has 0 aliphatic carbocycles. The average molecular weight is 715 g/mol. The summed E-state index contributed by atoms with van der Waals surface area (Å²) >= 11 is 1.78. The van der Waals surface area contributed by atoms with Crippen LogP contribution < -0.4 is 0 Å². The summed E-state index contributed by atoms with van der Waals surface area (Å²) in [5.41, 5.74) is 4.71. The smallest absolute Gasteiger partial charge is 0.475 e. The minimum atomic E-state index is -5.08. The largest absolute Gasteiger partial charge is 0.490 e. The van der Waals surface area contributed by atoms with Gasteiger partial charge in [-0.1, -0.05) is 0 Å². The summed E-state index contributed by atoms with van der Waals surface area (Å²) in [4.78, 5) is 41.7.